The van der Waals surface area contributed by atoms with Crippen LogP contribution in [-0.4, -0.2) is 6.61 Å². The van der Waals surface area contributed by atoms with Crippen LogP contribution in [0.25, 0.3) is 21.9 Å². The van der Waals surface area contributed by atoms with E-state index in [2.05, 4.69) is 6.92 Å². The third kappa shape index (κ3) is 5.79. The van der Waals surface area contributed by atoms with E-state index in [1.807, 2.05) is 0 Å². The summed E-state index contributed by atoms with van der Waals surface area (Å²) in [7, 11) is 0. The van der Waals surface area contributed by atoms with Crippen LogP contribution in [0.2, 0.25) is 5.02 Å². The maximum absolute atomic E-state index is 15.2. The maximum atomic E-state index is 15.2. The minimum absolute atomic E-state index is 0.254. The number of unbranched alkanes of at least 4 members (excludes halogenated alkanes) is 2. The molecule has 0 spiro atoms. The van der Waals surface area contributed by atoms with Gasteiger partial charge in [-0.1, -0.05) is 55.6 Å². The summed E-state index contributed by atoms with van der Waals surface area (Å²) in [5, 5.41) is 0.481. The molecule has 1 nitrogen and oxygen atoms in total. The standard InChI is InChI=1S/C29H25ClF4O/c1-2-3-4-13-35-22-10-12-23(25(31)17-22)20-9-11-24-21(16-20)8-7-19(29(24)34)6-5-18-14-26(32)28(30)27(33)15-18/h7-12,14-17H,2-6,13H2,1H3. The molecule has 4 aromatic carbocycles. The molecule has 4 rings (SSSR count). The minimum atomic E-state index is -0.837. The van der Waals surface area contributed by atoms with E-state index < -0.39 is 28.3 Å². The van der Waals surface area contributed by atoms with Crippen LogP contribution in [0.15, 0.2) is 60.7 Å². The van der Waals surface area contributed by atoms with Crippen molar-refractivity contribution in [2.75, 3.05) is 6.61 Å². The molecule has 35 heavy (non-hydrogen) atoms. The van der Waals surface area contributed by atoms with Crippen LogP contribution in [-0.2, 0) is 12.8 Å². The fourth-order valence-corrected chi connectivity index (χ4v) is 4.20. The zero-order valence-electron chi connectivity index (χ0n) is 19.3. The maximum Gasteiger partial charge on any atom is 0.145 e. The van der Waals surface area contributed by atoms with Crippen LogP contribution in [0.1, 0.15) is 37.3 Å². The largest absolute Gasteiger partial charge is 0.493 e. The summed E-state index contributed by atoms with van der Waals surface area (Å²) in [5.74, 6) is -2.00. The van der Waals surface area contributed by atoms with Crippen molar-refractivity contribution in [3.8, 4) is 16.9 Å². The van der Waals surface area contributed by atoms with Gasteiger partial charge in [-0.05, 0) is 71.7 Å². The predicted molar refractivity (Wildman–Crippen MR) is 133 cm³/mol. The van der Waals surface area contributed by atoms with Gasteiger partial charge in [-0.3, -0.25) is 0 Å². The minimum Gasteiger partial charge on any atom is -0.493 e. The lowest BCUT2D eigenvalue weighted by Gasteiger charge is -2.11. The summed E-state index contributed by atoms with van der Waals surface area (Å²) < 4.78 is 62.9. The molecule has 4 aromatic rings. The van der Waals surface area contributed by atoms with Gasteiger partial charge in [0.1, 0.15) is 34.0 Å². The van der Waals surface area contributed by atoms with Crippen molar-refractivity contribution in [3.63, 3.8) is 0 Å². The number of fused-ring (bicyclic) bond motifs is 1. The van der Waals surface area contributed by atoms with E-state index in [0.717, 1.165) is 31.4 Å². The smallest absolute Gasteiger partial charge is 0.145 e. The van der Waals surface area contributed by atoms with Crippen LogP contribution in [0.5, 0.6) is 5.75 Å². The first-order valence-corrected chi connectivity index (χ1v) is 12.0. The van der Waals surface area contributed by atoms with E-state index in [1.165, 1.54) is 6.07 Å². The van der Waals surface area contributed by atoms with Crippen molar-refractivity contribution >= 4 is 22.4 Å². The van der Waals surface area contributed by atoms with E-state index in [0.29, 0.717) is 45.4 Å². The molecule has 0 fully saturated rings. The first-order valence-electron chi connectivity index (χ1n) is 11.6. The Morgan fingerprint density at radius 2 is 1.54 bits per heavy atom. The van der Waals surface area contributed by atoms with Gasteiger partial charge in [0.2, 0.25) is 0 Å². The SMILES string of the molecule is CCCCCOc1ccc(-c2ccc3c(F)c(CCc4cc(F)c(Cl)c(F)c4)ccc3c2)c(F)c1. The molecule has 0 unspecified atom stereocenters. The van der Waals surface area contributed by atoms with Gasteiger partial charge in [-0.15, -0.1) is 0 Å². The molecule has 0 amide bonds. The van der Waals surface area contributed by atoms with Crippen LogP contribution in [0, 0.1) is 23.3 Å². The highest BCUT2D eigenvalue weighted by Gasteiger charge is 2.13. The molecule has 0 N–H and O–H groups in total. The number of ether oxygens (including phenoxy) is 1. The lowest BCUT2D eigenvalue weighted by Crippen LogP contribution is -1.98. The topological polar surface area (TPSA) is 9.23 Å². The van der Waals surface area contributed by atoms with Gasteiger partial charge >= 0.3 is 0 Å². The highest BCUT2D eigenvalue weighted by atomic mass is 35.5. The Morgan fingerprint density at radius 1 is 0.771 bits per heavy atom. The summed E-state index contributed by atoms with van der Waals surface area (Å²) in [5.41, 5.74) is 1.86. The monoisotopic (exact) mass is 500 g/mol. The molecule has 0 aliphatic rings. The van der Waals surface area contributed by atoms with Gasteiger partial charge < -0.3 is 4.74 Å². The molecule has 0 saturated heterocycles. The molecule has 0 saturated carbocycles. The second-order valence-electron chi connectivity index (χ2n) is 8.55. The molecule has 0 aromatic heterocycles. The number of aryl methyl sites for hydroxylation is 2. The number of halogens is 5. The Bertz CT molecular complexity index is 1330. The van der Waals surface area contributed by atoms with Crippen LogP contribution < -0.4 is 4.74 Å². The van der Waals surface area contributed by atoms with E-state index >= 15 is 4.39 Å². The molecule has 182 valence electrons. The van der Waals surface area contributed by atoms with Gasteiger partial charge in [0.05, 0.1) is 6.61 Å². The quantitative estimate of drug-likeness (QED) is 0.126. The molecule has 0 radical (unpaired) electrons. The lowest BCUT2D eigenvalue weighted by molar-refractivity contribution is 0.305. The molecule has 0 bridgehead atoms. The average Bonchev–Trinajstić information content (AvgIpc) is 2.84. The summed E-state index contributed by atoms with van der Waals surface area (Å²) in [6, 6.07) is 15.6. The lowest BCUT2D eigenvalue weighted by atomic mass is 9.97. The fourth-order valence-electron chi connectivity index (χ4n) is 4.09. The Labute approximate surface area is 207 Å². The van der Waals surface area contributed by atoms with E-state index in [-0.39, 0.29) is 12.8 Å². The molecule has 6 heteroatoms. The van der Waals surface area contributed by atoms with Gasteiger partial charge in [-0.25, -0.2) is 17.6 Å². The number of hydrogen-bond acceptors (Lipinski definition) is 1. The number of rotatable bonds is 9. The molecule has 0 atom stereocenters. The Morgan fingerprint density at radius 3 is 2.26 bits per heavy atom. The highest BCUT2D eigenvalue weighted by molar-refractivity contribution is 6.30. The van der Waals surface area contributed by atoms with Crippen LogP contribution >= 0.6 is 11.6 Å². The second-order valence-corrected chi connectivity index (χ2v) is 8.92. The van der Waals surface area contributed by atoms with Crippen molar-refractivity contribution in [3.05, 3.63) is 100 Å². The molecule has 0 aliphatic heterocycles. The normalized spacial score (nSPS) is 11.3. The third-order valence-corrected chi connectivity index (χ3v) is 6.39. The van der Waals surface area contributed by atoms with Gasteiger partial charge in [0.25, 0.3) is 0 Å². The molecule has 0 aliphatic carbocycles. The van der Waals surface area contributed by atoms with Gasteiger partial charge in [0.15, 0.2) is 0 Å². The molecule has 0 heterocycles. The highest BCUT2D eigenvalue weighted by Crippen LogP contribution is 2.31. The second kappa shape index (κ2) is 11.1. The first kappa shape index (κ1) is 25.1. The van der Waals surface area contributed by atoms with E-state index in [4.69, 9.17) is 16.3 Å². The summed E-state index contributed by atoms with van der Waals surface area (Å²) in [4.78, 5) is 0. The van der Waals surface area contributed by atoms with Gasteiger partial charge in [0, 0.05) is 17.0 Å². The third-order valence-electron chi connectivity index (χ3n) is 6.03. The van der Waals surface area contributed by atoms with Crippen molar-refractivity contribution < 1.29 is 22.3 Å². The fraction of sp³-hybridized carbons (Fsp3) is 0.241. The Kier molecular flexibility index (Phi) is 7.97. The van der Waals surface area contributed by atoms with E-state index in [9.17, 15) is 13.2 Å². The van der Waals surface area contributed by atoms with Crippen molar-refractivity contribution in [1.82, 2.24) is 0 Å². The van der Waals surface area contributed by atoms with Crippen LogP contribution in [0.3, 0.4) is 0 Å². The average molecular weight is 501 g/mol. The summed E-state index contributed by atoms with van der Waals surface area (Å²) in [6.07, 6.45) is 3.59. The van der Waals surface area contributed by atoms with Crippen molar-refractivity contribution in [2.24, 2.45) is 0 Å². The first-order chi connectivity index (χ1) is 16.9. The Hall–Kier alpha value is -3.05. The van der Waals surface area contributed by atoms with Gasteiger partial charge in [-0.2, -0.15) is 0 Å². The number of benzene rings is 4. The van der Waals surface area contributed by atoms with Crippen LogP contribution in [0.4, 0.5) is 17.6 Å². The van der Waals surface area contributed by atoms with E-state index in [1.54, 1.807) is 42.5 Å². The Balaban J connectivity index is 1.52. The zero-order chi connectivity index (χ0) is 24.9. The molecular weight excluding hydrogens is 476 g/mol. The number of hydrogen-bond donors (Lipinski definition) is 0. The molecular formula is C29H25ClF4O. The predicted octanol–water partition coefficient (Wildman–Crippen LogP) is 9.07. The summed E-state index contributed by atoms with van der Waals surface area (Å²) in [6.45, 7) is 2.66. The van der Waals surface area contributed by atoms with Crippen molar-refractivity contribution in [1.29, 1.82) is 0 Å². The zero-order valence-corrected chi connectivity index (χ0v) is 20.1. The summed E-state index contributed by atoms with van der Waals surface area (Å²) >= 11 is 5.52. The van der Waals surface area contributed by atoms with Crippen molar-refractivity contribution in [2.45, 2.75) is 39.0 Å².